The van der Waals surface area contributed by atoms with Gasteiger partial charge in [0.15, 0.2) is 0 Å². The molecule has 1 saturated heterocycles. The predicted octanol–water partition coefficient (Wildman–Crippen LogP) is 2.26. The summed E-state index contributed by atoms with van der Waals surface area (Å²) in [5, 5.41) is 11.9. The van der Waals surface area contributed by atoms with E-state index in [0.717, 1.165) is 13.1 Å². The van der Waals surface area contributed by atoms with Gasteiger partial charge in [0, 0.05) is 18.8 Å². The molecule has 1 heterocycles. The predicted molar refractivity (Wildman–Crippen MR) is 81.2 cm³/mol. The van der Waals surface area contributed by atoms with E-state index in [4.69, 9.17) is 21.6 Å². The fourth-order valence-corrected chi connectivity index (χ4v) is 2.72. The molecule has 6 heteroatoms. The number of nitrogens with one attached hydrogen (secondary N) is 1. The molecule has 2 atom stereocenters. The first-order valence-corrected chi connectivity index (χ1v) is 7.23. The monoisotopic (exact) mass is 307 g/mol. The van der Waals surface area contributed by atoms with Gasteiger partial charge in [0.25, 0.3) is 0 Å². The molecule has 0 bridgehead atoms. The van der Waals surface area contributed by atoms with E-state index in [-0.39, 0.29) is 18.1 Å². The van der Waals surface area contributed by atoms with E-state index in [0.29, 0.717) is 22.8 Å². The highest BCUT2D eigenvalue weighted by molar-refractivity contribution is 6.32. The Labute approximate surface area is 129 Å². The first kappa shape index (κ1) is 15.8. The van der Waals surface area contributed by atoms with Crippen LogP contribution in [0.5, 0.6) is 0 Å². The number of rotatable bonds is 3. The summed E-state index contributed by atoms with van der Waals surface area (Å²) in [5.41, 5.74) is 0.990. The maximum absolute atomic E-state index is 12.1. The number of hydrogen-bond acceptors (Lipinski definition) is 4. The van der Waals surface area contributed by atoms with Gasteiger partial charge in [-0.1, -0.05) is 11.6 Å². The smallest absolute Gasteiger partial charge is 0.238 e. The Balaban J connectivity index is 1.93. The van der Waals surface area contributed by atoms with Crippen molar-refractivity contribution in [1.29, 1.82) is 5.26 Å². The van der Waals surface area contributed by atoms with Gasteiger partial charge in [-0.2, -0.15) is 5.26 Å². The molecule has 21 heavy (non-hydrogen) atoms. The largest absolute Gasteiger partial charge is 0.373 e. The summed E-state index contributed by atoms with van der Waals surface area (Å²) >= 11 is 5.94. The minimum atomic E-state index is -0.0999. The first-order valence-electron chi connectivity index (χ1n) is 6.85. The van der Waals surface area contributed by atoms with Crippen molar-refractivity contribution in [1.82, 2.24) is 4.90 Å². The van der Waals surface area contributed by atoms with E-state index >= 15 is 0 Å². The van der Waals surface area contributed by atoms with E-state index in [1.807, 2.05) is 19.9 Å². The summed E-state index contributed by atoms with van der Waals surface area (Å²) < 4.78 is 5.64. The number of benzene rings is 1. The molecule has 0 spiro atoms. The maximum atomic E-state index is 12.1. The Bertz CT molecular complexity index is 561. The lowest BCUT2D eigenvalue weighted by atomic mass is 10.2. The van der Waals surface area contributed by atoms with Gasteiger partial charge in [-0.3, -0.25) is 9.69 Å². The van der Waals surface area contributed by atoms with Gasteiger partial charge in [-0.25, -0.2) is 0 Å². The van der Waals surface area contributed by atoms with Crippen LogP contribution in [0.15, 0.2) is 18.2 Å². The van der Waals surface area contributed by atoms with Gasteiger partial charge in [0.1, 0.15) is 6.07 Å². The highest BCUT2D eigenvalue weighted by atomic mass is 35.5. The Morgan fingerprint density at radius 3 is 2.71 bits per heavy atom. The lowest BCUT2D eigenvalue weighted by Gasteiger charge is -2.34. The molecule has 0 saturated carbocycles. The van der Waals surface area contributed by atoms with Gasteiger partial charge in [0.05, 0.1) is 29.3 Å². The molecule has 1 aromatic carbocycles. The SMILES string of the molecule is C[C@@H]1CN(CC(=O)Nc2ccc(C#N)c(Cl)c2)C[C@@H](C)O1. The van der Waals surface area contributed by atoms with Crippen LogP contribution in [0.3, 0.4) is 0 Å². The van der Waals surface area contributed by atoms with Crippen LogP contribution in [0, 0.1) is 11.3 Å². The van der Waals surface area contributed by atoms with Gasteiger partial charge >= 0.3 is 0 Å². The fourth-order valence-electron chi connectivity index (χ4n) is 2.50. The van der Waals surface area contributed by atoms with Crippen LogP contribution >= 0.6 is 11.6 Å². The Morgan fingerprint density at radius 2 is 2.14 bits per heavy atom. The molecule has 0 unspecified atom stereocenters. The lowest BCUT2D eigenvalue weighted by Crippen LogP contribution is -2.48. The molecule has 1 aliphatic heterocycles. The summed E-state index contributed by atoms with van der Waals surface area (Å²) in [4.78, 5) is 14.1. The van der Waals surface area contributed by atoms with Crippen LogP contribution in [0.25, 0.3) is 0 Å². The standard InChI is InChI=1S/C15H18ClN3O2/c1-10-7-19(8-11(2)21-10)9-15(20)18-13-4-3-12(6-17)14(16)5-13/h3-5,10-11H,7-9H2,1-2H3,(H,18,20)/t10-,11-/m1/s1. The number of ether oxygens (including phenoxy) is 1. The summed E-state index contributed by atoms with van der Waals surface area (Å²) in [6, 6.07) is 6.84. The lowest BCUT2D eigenvalue weighted by molar-refractivity contribution is -0.121. The van der Waals surface area contributed by atoms with E-state index < -0.39 is 0 Å². The van der Waals surface area contributed by atoms with E-state index in [2.05, 4.69) is 10.2 Å². The molecule has 1 fully saturated rings. The Hall–Kier alpha value is -1.61. The highest BCUT2D eigenvalue weighted by Gasteiger charge is 2.23. The maximum Gasteiger partial charge on any atom is 0.238 e. The van der Waals surface area contributed by atoms with Gasteiger partial charge < -0.3 is 10.1 Å². The van der Waals surface area contributed by atoms with Crippen LogP contribution in [0.1, 0.15) is 19.4 Å². The Morgan fingerprint density at radius 1 is 1.48 bits per heavy atom. The van der Waals surface area contributed by atoms with E-state index in [1.165, 1.54) is 0 Å². The third-order valence-electron chi connectivity index (χ3n) is 3.24. The number of nitriles is 1. The number of carbonyl (C=O) groups is 1. The molecule has 1 aromatic rings. The molecule has 0 aromatic heterocycles. The number of halogens is 1. The van der Waals surface area contributed by atoms with Crippen molar-refractivity contribution < 1.29 is 9.53 Å². The van der Waals surface area contributed by atoms with Crippen molar-refractivity contribution in [2.45, 2.75) is 26.1 Å². The first-order chi connectivity index (χ1) is 9.97. The molecular formula is C15H18ClN3O2. The average molecular weight is 308 g/mol. The molecule has 0 aliphatic carbocycles. The fraction of sp³-hybridized carbons (Fsp3) is 0.467. The van der Waals surface area contributed by atoms with Gasteiger partial charge in [0.2, 0.25) is 5.91 Å². The van der Waals surface area contributed by atoms with Crippen LogP contribution in [-0.4, -0.2) is 42.6 Å². The zero-order valence-electron chi connectivity index (χ0n) is 12.1. The van der Waals surface area contributed by atoms with Crippen molar-refractivity contribution >= 4 is 23.2 Å². The van der Waals surface area contributed by atoms with Gasteiger partial charge in [-0.05, 0) is 32.0 Å². The number of morpholine rings is 1. The minimum Gasteiger partial charge on any atom is -0.373 e. The van der Waals surface area contributed by atoms with Gasteiger partial charge in [-0.15, -0.1) is 0 Å². The highest BCUT2D eigenvalue weighted by Crippen LogP contribution is 2.20. The Kier molecular flexibility index (Phi) is 5.18. The molecule has 0 radical (unpaired) electrons. The average Bonchev–Trinajstić information content (AvgIpc) is 2.37. The van der Waals surface area contributed by atoms with Crippen molar-refractivity contribution in [2.75, 3.05) is 25.0 Å². The molecule has 1 amide bonds. The quantitative estimate of drug-likeness (QED) is 0.930. The second kappa shape index (κ2) is 6.90. The van der Waals surface area contributed by atoms with E-state index in [9.17, 15) is 4.79 Å². The zero-order chi connectivity index (χ0) is 15.4. The van der Waals surface area contributed by atoms with Crippen LogP contribution in [-0.2, 0) is 9.53 Å². The van der Waals surface area contributed by atoms with E-state index in [1.54, 1.807) is 18.2 Å². The molecule has 2 rings (SSSR count). The normalized spacial score (nSPS) is 22.6. The van der Waals surface area contributed by atoms with Crippen molar-refractivity contribution in [2.24, 2.45) is 0 Å². The summed E-state index contributed by atoms with van der Waals surface area (Å²) in [6.07, 6.45) is 0.261. The minimum absolute atomic E-state index is 0.0999. The molecule has 112 valence electrons. The third-order valence-corrected chi connectivity index (χ3v) is 3.55. The van der Waals surface area contributed by atoms with Crippen molar-refractivity contribution in [3.8, 4) is 6.07 Å². The summed E-state index contributed by atoms with van der Waals surface area (Å²) in [5.74, 6) is -0.0999. The molecule has 5 nitrogen and oxygen atoms in total. The van der Waals surface area contributed by atoms with Crippen molar-refractivity contribution in [3.63, 3.8) is 0 Å². The zero-order valence-corrected chi connectivity index (χ0v) is 12.9. The van der Waals surface area contributed by atoms with Crippen LogP contribution in [0.4, 0.5) is 5.69 Å². The third kappa shape index (κ3) is 4.43. The number of hydrogen-bond donors (Lipinski definition) is 1. The number of carbonyl (C=O) groups excluding carboxylic acids is 1. The second-order valence-corrected chi connectivity index (χ2v) is 5.71. The molecule has 1 aliphatic rings. The number of nitrogens with zero attached hydrogens (tertiary/aromatic N) is 2. The molecular weight excluding hydrogens is 290 g/mol. The number of amides is 1. The summed E-state index contributed by atoms with van der Waals surface area (Å²) in [7, 11) is 0. The van der Waals surface area contributed by atoms with Crippen LogP contribution in [0.2, 0.25) is 5.02 Å². The molecule has 1 N–H and O–H groups in total. The van der Waals surface area contributed by atoms with Crippen molar-refractivity contribution in [3.05, 3.63) is 28.8 Å². The number of anilines is 1. The summed E-state index contributed by atoms with van der Waals surface area (Å²) in [6.45, 7) is 5.80. The topological polar surface area (TPSA) is 65.4 Å². The second-order valence-electron chi connectivity index (χ2n) is 5.31. The van der Waals surface area contributed by atoms with Crippen LogP contribution < -0.4 is 5.32 Å².